The Balaban J connectivity index is 2.23. The zero-order valence-corrected chi connectivity index (χ0v) is 12.9. The molecular formula is C15H14N4O5. The zero-order valence-electron chi connectivity index (χ0n) is 12.9. The van der Waals surface area contributed by atoms with Crippen molar-refractivity contribution in [2.75, 3.05) is 24.9 Å². The highest BCUT2D eigenvalue weighted by Gasteiger charge is 2.15. The van der Waals surface area contributed by atoms with Gasteiger partial charge < -0.3 is 14.8 Å². The maximum Gasteiger partial charge on any atom is 0.337 e. The first-order chi connectivity index (χ1) is 11.5. The van der Waals surface area contributed by atoms with Crippen molar-refractivity contribution in [3.8, 4) is 0 Å². The third-order valence-electron chi connectivity index (χ3n) is 2.84. The first-order valence-corrected chi connectivity index (χ1v) is 6.69. The molecule has 0 atom stereocenters. The minimum atomic E-state index is -0.655. The molecule has 0 aliphatic carbocycles. The van der Waals surface area contributed by atoms with Gasteiger partial charge >= 0.3 is 18.0 Å². The lowest BCUT2D eigenvalue weighted by atomic mass is 10.1. The third kappa shape index (κ3) is 4.26. The van der Waals surface area contributed by atoms with E-state index in [1.54, 1.807) is 0 Å². The second kappa shape index (κ2) is 7.68. The maximum atomic E-state index is 12.0. The van der Waals surface area contributed by atoms with Crippen LogP contribution in [0.2, 0.25) is 0 Å². The molecule has 9 nitrogen and oxygen atoms in total. The second-order valence-electron chi connectivity index (χ2n) is 4.45. The van der Waals surface area contributed by atoms with E-state index in [0.29, 0.717) is 0 Å². The molecule has 0 spiro atoms. The van der Waals surface area contributed by atoms with Gasteiger partial charge in [-0.3, -0.25) is 10.3 Å². The van der Waals surface area contributed by atoms with Crippen LogP contribution in [0.4, 0.5) is 16.3 Å². The molecule has 2 rings (SSSR count). The first kappa shape index (κ1) is 16.9. The van der Waals surface area contributed by atoms with Crippen LogP contribution in [0.15, 0.2) is 36.8 Å². The van der Waals surface area contributed by atoms with E-state index in [4.69, 9.17) is 0 Å². The Labute approximate surface area is 137 Å². The molecule has 0 radical (unpaired) electrons. The van der Waals surface area contributed by atoms with Crippen molar-refractivity contribution in [3.05, 3.63) is 47.9 Å². The summed E-state index contributed by atoms with van der Waals surface area (Å²) in [6.07, 6.45) is 4.25. The molecule has 124 valence electrons. The maximum absolute atomic E-state index is 12.0. The number of rotatable bonds is 4. The van der Waals surface area contributed by atoms with E-state index in [-0.39, 0.29) is 22.6 Å². The van der Waals surface area contributed by atoms with Crippen LogP contribution in [0.25, 0.3) is 0 Å². The topological polar surface area (TPSA) is 120 Å². The number of aromatic nitrogens is 2. The van der Waals surface area contributed by atoms with E-state index < -0.39 is 18.0 Å². The standard InChI is InChI=1S/C15H14N4O5/c1-23-13(20)9-5-10(14(21)24-2)7-11(6-9)18-15(22)19-12-8-16-3-4-17-12/h3-8H,1-2H3,(H2,17,18,19,22). The minimum absolute atomic E-state index is 0.0928. The average Bonchev–Trinajstić information content (AvgIpc) is 2.60. The number of carbonyl (C=O) groups excluding carboxylic acids is 3. The Hall–Kier alpha value is -3.49. The van der Waals surface area contributed by atoms with Gasteiger partial charge in [0, 0.05) is 18.1 Å². The van der Waals surface area contributed by atoms with E-state index in [1.165, 1.54) is 51.0 Å². The Morgan fingerprint density at radius 2 is 1.54 bits per heavy atom. The van der Waals surface area contributed by atoms with Crippen LogP contribution < -0.4 is 10.6 Å². The first-order valence-electron chi connectivity index (χ1n) is 6.69. The van der Waals surface area contributed by atoms with Gasteiger partial charge in [-0.15, -0.1) is 0 Å². The number of methoxy groups -OCH3 is 2. The molecular weight excluding hydrogens is 316 g/mol. The number of anilines is 2. The molecule has 0 saturated heterocycles. The number of nitrogens with one attached hydrogen (secondary N) is 2. The van der Waals surface area contributed by atoms with Crippen molar-refractivity contribution in [3.63, 3.8) is 0 Å². The largest absolute Gasteiger partial charge is 0.465 e. The summed E-state index contributed by atoms with van der Waals surface area (Å²) in [5.74, 6) is -1.07. The number of urea groups is 1. The predicted octanol–water partition coefficient (Wildman–Crippen LogP) is 1.69. The molecule has 2 N–H and O–H groups in total. The molecule has 0 bridgehead atoms. The number of esters is 2. The molecule has 24 heavy (non-hydrogen) atoms. The van der Waals surface area contributed by atoms with E-state index in [1.807, 2.05) is 0 Å². The predicted molar refractivity (Wildman–Crippen MR) is 83.8 cm³/mol. The highest BCUT2D eigenvalue weighted by Crippen LogP contribution is 2.17. The van der Waals surface area contributed by atoms with Crippen molar-refractivity contribution < 1.29 is 23.9 Å². The van der Waals surface area contributed by atoms with Gasteiger partial charge in [0.15, 0.2) is 5.82 Å². The van der Waals surface area contributed by atoms with E-state index >= 15 is 0 Å². The van der Waals surface area contributed by atoms with Gasteiger partial charge in [-0.25, -0.2) is 19.4 Å². The van der Waals surface area contributed by atoms with E-state index in [9.17, 15) is 14.4 Å². The minimum Gasteiger partial charge on any atom is -0.465 e. The van der Waals surface area contributed by atoms with Gasteiger partial charge in [0.1, 0.15) is 0 Å². The van der Waals surface area contributed by atoms with Gasteiger partial charge in [-0.2, -0.15) is 0 Å². The lowest BCUT2D eigenvalue weighted by Gasteiger charge is -2.10. The summed E-state index contributed by atoms with van der Waals surface area (Å²) < 4.78 is 9.25. The summed E-state index contributed by atoms with van der Waals surface area (Å²) in [5.41, 5.74) is 0.394. The summed E-state index contributed by atoms with van der Waals surface area (Å²) in [4.78, 5) is 43.0. The van der Waals surface area contributed by atoms with Crippen LogP contribution in [0.3, 0.4) is 0 Å². The summed E-state index contributed by atoms with van der Waals surface area (Å²) >= 11 is 0. The summed E-state index contributed by atoms with van der Waals surface area (Å²) in [5, 5.41) is 4.96. The number of amides is 2. The lowest BCUT2D eigenvalue weighted by molar-refractivity contribution is 0.0599. The highest BCUT2D eigenvalue weighted by molar-refractivity contribution is 6.02. The molecule has 1 aromatic heterocycles. The number of hydrogen-bond donors (Lipinski definition) is 2. The molecule has 0 fully saturated rings. The summed E-state index contributed by atoms with van der Waals surface area (Å²) in [7, 11) is 2.42. The Kier molecular flexibility index (Phi) is 5.40. The molecule has 2 amide bonds. The van der Waals surface area contributed by atoms with Gasteiger partial charge in [-0.05, 0) is 18.2 Å². The van der Waals surface area contributed by atoms with Crippen molar-refractivity contribution in [2.24, 2.45) is 0 Å². The number of ether oxygens (including phenoxy) is 2. The Bertz CT molecular complexity index is 729. The molecule has 1 aromatic carbocycles. The third-order valence-corrected chi connectivity index (χ3v) is 2.84. The monoisotopic (exact) mass is 330 g/mol. The molecule has 1 heterocycles. The van der Waals surface area contributed by atoms with E-state index in [0.717, 1.165) is 0 Å². The smallest absolute Gasteiger partial charge is 0.337 e. The van der Waals surface area contributed by atoms with Crippen LogP contribution in [-0.2, 0) is 9.47 Å². The number of benzene rings is 1. The average molecular weight is 330 g/mol. The molecule has 9 heteroatoms. The van der Waals surface area contributed by atoms with Crippen molar-refractivity contribution >= 4 is 29.5 Å². The molecule has 0 aliphatic rings. The zero-order chi connectivity index (χ0) is 17.5. The van der Waals surface area contributed by atoms with Gasteiger partial charge in [-0.1, -0.05) is 0 Å². The van der Waals surface area contributed by atoms with Gasteiger partial charge in [0.25, 0.3) is 0 Å². The van der Waals surface area contributed by atoms with E-state index in [2.05, 4.69) is 30.1 Å². The van der Waals surface area contributed by atoms with Crippen LogP contribution >= 0.6 is 0 Å². The van der Waals surface area contributed by atoms with Crippen molar-refractivity contribution in [2.45, 2.75) is 0 Å². The highest BCUT2D eigenvalue weighted by atomic mass is 16.5. The molecule has 0 unspecified atom stereocenters. The van der Waals surface area contributed by atoms with Gasteiger partial charge in [0.05, 0.1) is 31.5 Å². The fourth-order valence-electron chi connectivity index (χ4n) is 1.81. The Morgan fingerprint density at radius 1 is 0.917 bits per heavy atom. The normalized spacial score (nSPS) is 9.75. The van der Waals surface area contributed by atoms with Crippen molar-refractivity contribution in [1.82, 2.24) is 9.97 Å². The molecule has 2 aromatic rings. The lowest BCUT2D eigenvalue weighted by Crippen LogP contribution is -2.21. The Morgan fingerprint density at radius 3 is 2.04 bits per heavy atom. The fourth-order valence-corrected chi connectivity index (χ4v) is 1.81. The molecule has 0 saturated carbocycles. The summed E-state index contributed by atoms with van der Waals surface area (Å²) in [6, 6.07) is 3.43. The van der Waals surface area contributed by atoms with Crippen molar-refractivity contribution in [1.29, 1.82) is 0 Å². The second-order valence-corrected chi connectivity index (χ2v) is 4.45. The number of hydrogen-bond acceptors (Lipinski definition) is 7. The van der Waals surface area contributed by atoms with Gasteiger partial charge in [0.2, 0.25) is 0 Å². The number of nitrogens with zero attached hydrogens (tertiary/aromatic N) is 2. The number of carbonyl (C=O) groups is 3. The SMILES string of the molecule is COC(=O)c1cc(NC(=O)Nc2cnccn2)cc(C(=O)OC)c1. The van der Waals surface area contributed by atoms with Crippen LogP contribution in [0.1, 0.15) is 20.7 Å². The van der Waals surface area contributed by atoms with Crippen LogP contribution in [0, 0.1) is 0 Å². The fraction of sp³-hybridized carbons (Fsp3) is 0.133. The van der Waals surface area contributed by atoms with Crippen LogP contribution in [0.5, 0.6) is 0 Å². The summed E-state index contributed by atoms with van der Waals surface area (Å²) in [6.45, 7) is 0. The van der Waals surface area contributed by atoms with Crippen LogP contribution in [-0.4, -0.2) is 42.2 Å². The quantitative estimate of drug-likeness (QED) is 0.819. The molecule has 0 aliphatic heterocycles.